The average Bonchev–Trinajstić information content (AvgIpc) is 3.75. The van der Waals surface area contributed by atoms with Gasteiger partial charge >= 0.3 is 0 Å². The number of rotatable bonds is 7. The molecule has 3 heterocycles. The summed E-state index contributed by atoms with van der Waals surface area (Å²) in [6.07, 6.45) is 3.06. The van der Waals surface area contributed by atoms with Crippen molar-refractivity contribution in [1.82, 2.24) is 15.3 Å². The van der Waals surface area contributed by atoms with Crippen molar-refractivity contribution in [2.75, 3.05) is 13.2 Å². The Bertz CT molecular complexity index is 1720. The summed E-state index contributed by atoms with van der Waals surface area (Å²) in [5.41, 5.74) is 6.09. The predicted molar refractivity (Wildman–Crippen MR) is 149 cm³/mol. The summed E-state index contributed by atoms with van der Waals surface area (Å²) in [5.74, 6) is -1.49. The molecule has 5 N–H and O–H groups in total. The number of ether oxygens (including phenoxy) is 1. The minimum atomic E-state index is -1.59. The molecular formula is C31H29FN4O5. The van der Waals surface area contributed by atoms with Crippen LogP contribution < -0.4 is 15.8 Å². The van der Waals surface area contributed by atoms with E-state index < -0.39 is 28.6 Å². The topological polar surface area (TPSA) is 148 Å². The zero-order valence-electron chi connectivity index (χ0n) is 22.6. The third-order valence-corrected chi connectivity index (χ3v) is 8.11. The van der Waals surface area contributed by atoms with Crippen molar-refractivity contribution in [3.63, 3.8) is 0 Å². The highest BCUT2D eigenvalue weighted by Gasteiger charge is 2.50. The fraction of sp³-hybridized carbons (Fsp3) is 0.290. The lowest BCUT2D eigenvalue weighted by atomic mass is 9.81. The number of amides is 2. The summed E-state index contributed by atoms with van der Waals surface area (Å²) in [7, 11) is 0. The van der Waals surface area contributed by atoms with E-state index in [0.717, 1.165) is 5.56 Å². The summed E-state index contributed by atoms with van der Waals surface area (Å²) in [5, 5.41) is 26.0. The Morgan fingerprint density at radius 3 is 2.61 bits per heavy atom. The van der Waals surface area contributed by atoms with Crippen molar-refractivity contribution in [1.29, 1.82) is 0 Å². The standard InChI is InChI=1S/C31H29FN4O5/c1-16-9-18-10-19(11-23(37)25(18)34-13-16)28(38)35-14-31(40,20-5-6-20)24-12-22-27(41-15-30(22,2)29(33)39)26(36-24)17-3-7-21(32)8-4-17/h3-4,7-13,20,37,40H,5-6,14-15H2,1-2H3,(H2,33,39)(H,35,38)/t30-,31?/m0/s1. The van der Waals surface area contributed by atoms with Gasteiger partial charge in [-0.3, -0.25) is 14.6 Å². The molecule has 4 aromatic rings. The quantitative estimate of drug-likeness (QED) is 0.272. The van der Waals surface area contributed by atoms with E-state index >= 15 is 0 Å². The van der Waals surface area contributed by atoms with Crippen molar-refractivity contribution < 1.29 is 28.9 Å². The zero-order valence-corrected chi connectivity index (χ0v) is 22.6. The normalized spacial score (nSPS) is 19.3. The van der Waals surface area contributed by atoms with Gasteiger partial charge in [0, 0.05) is 28.3 Å². The number of phenols is 1. The van der Waals surface area contributed by atoms with E-state index in [4.69, 9.17) is 15.5 Å². The number of aliphatic hydroxyl groups is 1. The first-order valence-corrected chi connectivity index (χ1v) is 13.3. The van der Waals surface area contributed by atoms with Crippen LogP contribution in [0.25, 0.3) is 22.2 Å². The van der Waals surface area contributed by atoms with Crippen LogP contribution in [0.2, 0.25) is 0 Å². The summed E-state index contributed by atoms with van der Waals surface area (Å²) < 4.78 is 19.6. The molecule has 41 heavy (non-hydrogen) atoms. The van der Waals surface area contributed by atoms with Crippen LogP contribution in [0.3, 0.4) is 0 Å². The number of halogens is 1. The SMILES string of the molecule is Cc1cnc2c(O)cc(C(=O)NCC(O)(c3cc4c(c(-c5ccc(F)cc5)n3)OC[C@]4(C)C(N)=O)C3CC3)cc2c1. The largest absolute Gasteiger partial charge is 0.506 e. The van der Waals surface area contributed by atoms with E-state index in [1.807, 2.05) is 13.0 Å². The third kappa shape index (κ3) is 4.54. The van der Waals surface area contributed by atoms with Crippen LogP contribution in [0.5, 0.6) is 11.5 Å². The highest BCUT2D eigenvalue weighted by Crippen LogP contribution is 2.50. The van der Waals surface area contributed by atoms with Crippen LogP contribution in [0.4, 0.5) is 4.39 Å². The molecule has 1 saturated carbocycles. The first-order chi connectivity index (χ1) is 19.5. The Hall–Kier alpha value is -4.57. The Morgan fingerprint density at radius 2 is 1.93 bits per heavy atom. The van der Waals surface area contributed by atoms with E-state index in [1.165, 1.54) is 18.2 Å². The fourth-order valence-corrected chi connectivity index (χ4v) is 5.41. The van der Waals surface area contributed by atoms with E-state index in [1.54, 1.807) is 37.4 Å². The smallest absolute Gasteiger partial charge is 0.251 e. The Balaban J connectivity index is 1.39. The molecule has 2 aromatic heterocycles. The molecule has 1 aliphatic carbocycles. The molecule has 0 spiro atoms. The molecule has 10 heteroatoms. The number of phenolic OH excluding ortho intramolecular Hbond substituents is 1. The average molecular weight is 557 g/mol. The number of hydrogen-bond donors (Lipinski definition) is 4. The molecule has 1 unspecified atom stereocenters. The molecular weight excluding hydrogens is 527 g/mol. The van der Waals surface area contributed by atoms with Crippen LogP contribution in [-0.4, -0.2) is 45.1 Å². The maximum Gasteiger partial charge on any atom is 0.251 e. The lowest BCUT2D eigenvalue weighted by Crippen LogP contribution is -2.44. The number of carbonyl (C=O) groups excluding carboxylic acids is 2. The molecule has 0 saturated heterocycles. The minimum Gasteiger partial charge on any atom is -0.506 e. The number of fused-ring (bicyclic) bond motifs is 2. The summed E-state index contributed by atoms with van der Waals surface area (Å²) in [4.78, 5) is 34.8. The first kappa shape index (κ1) is 26.6. The van der Waals surface area contributed by atoms with Gasteiger partial charge in [0.15, 0.2) is 0 Å². The monoisotopic (exact) mass is 556 g/mol. The van der Waals surface area contributed by atoms with Crippen molar-refractivity contribution in [2.24, 2.45) is 11.7 Å². The molecule has 0 radical (unpaired) electrons. The van der Waals surface area contributed by atoms with Crippen molar-refractivity contribution >= 4 is 22.7 Å². The highest BCUT2D eigenvalue weighted by atomic mass is 19.1. The van der Waals surface area contributed by atoms with Gasteiger partial charge in [0.05, 0.1) is 12.2 Å². The van der Waals surface area contributed by atoms with Crippen LogP contribution in [0.15, 0.2) is 54.7 Å². The van der Waals surface area contributed by atoms with Gasteiger partial charge in [0.25, 0.3) is 5.91 Å². The molecule has 2 aliphatic rings. The van der Waals surface area contributed by atoms with Crippen molar-refractivity contribution in [3.8, 4) is 22.8 Å². The lowest BCUT2D eigenvalue weighted by Gasteiger charge is -2.30. The number of hydrogen-bond acceptors (Lipinski definition) is 7. The van der Waals surface area contributed by atoms with Gasteiger partial charge in [-0.05, 0) is 86.7 Å². The van der Waals surface area contributed by atoms with Crippen molar-refractivity contribution in [2.45, 2.75) is 37.7 Å². The minimum absolute atomic E-state index is 0.00459. The van der Waals surface area contributed by atoms with Gasteiger partial charge in [-0.25, -0.2) is 9.37 Å². The highest BCUT2D eigenvalue weighted by molar-refractivity contribution is 6.00. The summed E-state index contributed by atoms with van der Waals surface area (Å²) in [6, 6.07) is 12.1. The molecule has 1 aliphatic heterocycles. The maximum absolute atomic E-state index is 13.7. The van der Waals surface area contributed by atoms with E-state index in [-0.39, 0.29) is 36.1 Å². The van der Waals surface area contributed by atoms with Gasteiger partial charge in [0.2, 0.25) is 5.91 Å². The molecule has 0 bridgehead atoms. The third-order valence-electron chi connectivity index (χ3n) is 8.11. The second-order valence-corrected chi connectivity index (χ2v) is 11.2. The van der Waals surface area contributed by atoms with Crippen LogP contribution in [0, 0.1) is 18.7 Å². The van der Waals surface area contributed by atoms with Gasteiger partial charge in [-0.1, -0.05) is 0 Å². The van der Waals surface area contributed by atoms with Crippen LogP contribution in [-0.2, 0) is 15.8 Å². The lowest BCUT2D eigenvalue weighted by molar-refractivity contribution is -0.123. The molecule has 6 rings (SSSR count). The van der Waals surface area contributed by atoms with Gasteiger partial charge < -0.3 is 26.0 Å². The van der Waals surface area contributed by atoms with E-state index in [2.05, 4.69) is 10.3 Å². The number of pyridine rings is 2. The molecule has 210 valence electrons. The number of carbonyl (C=O) groups is 2. The molecule has 2 aromatic carbocycles. The Morgan fingerprint density at radius 1 is 1.20 bits per heavy atom. The number of primary amides is 1. The van der Waals surface area contributed by atoms with E-state index in [9.17, 15) is 24.2 Å². The summed E-state index contributed by atoms with van der Waals surface area (Å²) >= 11 is 0. The number of nitrogens with zero attached hydrogens (tertiary/aromatic N) is 2. The second-order valence-electron chi connectivity index (χ2n) is 11.2. The van der Waals surface area contributed by atoms with Crippen LogP contribution in [0.1, 0.15) is 46.9 Å². The molecule has 2 amide bonds. The fourth-order valence-electron chi connectivity index (χ4n) is 5.41. The van der Waals surface area contributed by atoms with Gasteiger partial charge in [-0.2, -0.15) is 0 Å². The Labute approximate surface area is 235 Å². The number of aromatic hydroxyl groups is 1. The first-order valence-electron chi connectivity index (χ1n) is 13.3. The predicted octanol–water partition coefficient (Wildman–Crippen LogP) is 3.61. The van der Waals surface area contributed by atoms with Crippen LogP contribution >= 0.6 is 0 Å². The molecule has 9 nitrogen and oxygen atoms in total. The van der Waals surface area contributed by atoms with Gasteiger partial charge in [0.1, 0.15) is 46.1 Å². The molecule has 2 atom stereocenters. The van der Waals surface area contributed by atoms with Gasteiger partial charge in [-0.15, -0.1) is 0 Å². The number of nitrogens with one attached hydrogen (secondary N) is 1. The zero-order chi connectivity index (χ0) is 29.1. The number of nitrogens with two attached hydrogens (primary N) is 1. The molecule has 1 fully saturated rings. The summed E-state index contributed by atoms with van der Waals surface area (Å²) in [6.45, 7) is 3.35. The Kier molecular flexibility index (Phi) is 6.18. The number of benzene rings is 2. The van der Waals surface area contributed by atoms with E-state index in [0.29, 0.717) is 46.3 Å². The maximum atomic E-state index is 13.7. The number of aromatic nitrogens is 2. The second kappa shape index (κ2) is 9.52. The van der Waals surface area contributed by atoms with Crippen molar-refractivity contribution in [3.05, 3.63) is 82.9 Å². The number of aryl methyl sites for hydroxylation is 1.